The Hall–Kier alpha value is -5.88. The van der Waals surface area contributed by atoms with Crippen LogP contribution in [0.3, 0.4) is 0 Å². The van der Waals surface area contributed by atoms with Crippen molar-refractivity contribution in [2.75, 3.05) is 0 Å². The molecule has 0 bridgehead atoms. The summed E-state index contributed by atoms with van der Waals surface area (Å²) < 4.78 is 4.70. The molecule has 6 aromatic carbocycles. The molecule has 0 aliphatic rings. The SMILES string of the molecule is CCCCn1c2ccccc2c2cc(O)c(C=Nc3cc4ccccc4cc3N=Cc3cc4c(cc3O)c3ccccc3n4CCCC)cc21. The van der Waals surface area contributed by atoms with Crippen LogP contribution in [0.1, 0.15) is 50.7 Å². The molecule has 0 aliphatic carbocycles. The molecule has 8 aromatic rings. The number of nitrogens with zero attached hydrogens (tertiary/aromatic N) is 4. The molecule has 0 unspecified atom stereocenters. The van der Waals surface area contributed by atoms with E-state index in [9.17, 15) is 10.2 Å². The van der Waals surface area contributed by atoms with Crippen molar-refractivity contribution in [2.24, 2.45) is 9.98 Å². The minimum Gasteiger partial charge on any atom is -0.507 e. The van der Waals surface area contributed by atoms with Crippen LogP contribution in [-0.4, -0.2) is 31.8 Å². The standard InChI is InChI=1S/C44H40N4O2/c1-3-5-19-47-39-17-11-9-15-33(39)35-25-43(49)31(23-41(35)47)27-45-37-21-29-13-7-8-14-30(29)22-38(37)46-28-32-24-42-36(26-44(32)50)34-16-10-12-18-40(34)48(42)20-6-4-2/h7-18,21-28,49-50H,3-6,19-20H2,1-2H3. The third-order valence-corrected chi connectivity index (χ3v) is 9.84. The van der Waals surface area contributed by atoms with Crippen molar-refractivity contribution in [1.29, 1.82) is 0 Å². The maximum absolute atomic E-state index is 11.2. The highest BCUT2D eigenvalue weighted by molar-refractivity contribution is 6.11. The highest BCUT2D eigenvalue weighted by Crippen LogP contribution is 2.37. The third kappa shape index (κ3) is 5.57. The largest absolute Gasteiger partial charge is 0.507 e. The second kappa shape index (κ2) is 13.2. The molecular formula is C44H40N4O2. The number of rotatable bonds is 10. The fourth-order valence-corrected chi connectivity index (χ4v) is 7.22. The predicted molar refractivity (Wildman–Crippen MR) is 210 cm³/mol. The number of aromatic hydroxyl groups is 2. The Kier molecular flexibility index (Phi) is 8.29. The molecule has 8 rings (SSSR count). The highest BCUT2D eigenvalue weighted by atomic mass is 16.3. The first kappa shape index (κ1) is 31.4. The summed E-state index contributed by atoms with van der Waals surface area (Å²) in [4.78, 5) is 9.85. The topological polar surface area (TPSA) is 75.0 Å². The van der Waals surface area contributed by atoms with Crippen molar-refractivity contribution in [1.82, 2.24) is 9.13 Å². The molecular weight excluding hydrogens is 617 g/mol. The Morgan fingerprint density at radius 3 is 1.36 bits per heavy atom. The Bertz CT molecular complexity index is 2430. The van der Waals surface area contributed by atoms with Gasteiger partial charge in [-0.25, -0.2) is 0 Å². The minimum absolute atomic E-state index is 0.183. The van der Waals surface area contributed by atoms with Crippen LogP contribution in [0.15, 0.2) is 119 Å². The van der Waals surface area contributed by atoms with Crippen LogP contribution in [0.25, 0.3) is 54.4 Å². The molecule has 0 fully saturated rings. The average molecular weight is 657 g/mol. The number of phenols is 2. The maximum atomic E-state index is 11.2. The van der Waals surface area contributed by atoms with Gasteiger partial charge < -0.3 is 19.3 Å². The summed E-state index contributed by atoms with van der Waals surface area (Å²) in [6, 6.07) is 36.8. The smallest absolute Gasteiger partial charge is 0.125 e. The van der Waals surface area contributed by atoms with Gasteiger partial charge in [-0.2, -0.15) is 0 Å². The summed E-state index contributed by atoms with van der Waals surface area (Å²) in [5, 5.41) is 28.8. The Morgan fingerprint density at radius 2 is 0.920 bits per heavy atom. The van der Waals surface area contributed by atoms with Crippen molar-refractivity contribution >= 4 is 78.2 Å². The third-order valence-electron chi connectivity index (χ3n) is 9.84. The van der Waals surface area contributed by atoms with Crippen LogP contribution in [0.5, 0.6) is 11.5 Å². The number of hydrogen-bond donors (Lipinski definition) is 2. The van der Waals surface area contributed by atoms with Gasteiger partial charge in [0, 0.05) is 69.2 Å². The molecule has 248 valence electrons. The summed E-state index contributed by atoms with van der Waals surface area (Å²) in [5.74, 6) is 0.365. The van der Waals surface area contributed by atoms with Crippen LogP contribution < -0.4 is 0 Å². The number of fused-ring (bicyclic) bond motifs is 7. The second-order valence-electron chi connectivity index (χ2n) is 13.1. The van der Waals surface area contributed by atoms with E-state index < -0.39 is 0 Å². The molecule has 2 heterocycles. The molecule has 2 N–H and O–H groups in total. The van der Waals surface area contributed by atoms with E-state index in [1.165, 1.54) is 11.0 Å². The van der Waals surface area contributed by atoms with Gasteiger partial charge in [0.2, 0.25) is 0 Å². The van der Waals surface area contributed by atoms with Crippen molar-refractivity contribution in [3.05, 3.63) is 120 Å². The first-order valence-corrected chi connectivity index (χ1v) is 17.6. The van der Waals surface area contributed by atoms with E-state index in [4.69, 9.17) is 9.98 Å². The first-order chi connectivity index (χ1) is 24.5. The number of para-hydroxylation sites is 2. The summed E-state index contributed by atoms with van der Waals surface area (Å²) in [7, 11) is 0. The lowest BCUT2D eigenvalue weighted by Crippen LogP contribution is -1.97. The van der Waals surface area contributed by atoms with E-state index in [0.717, 1.165) is 82.1 Å². The molecule has 0 spiro atoms. The van der Waals surface area contributed by atoms with Gasteiger partial charge >= 0.3 is 0 Å². The van der Waals surface area contributed by atoms with Crippen molar-refractivity contribution in [2.45, 2.75) is 52.6 Å². The normalized spacial score (nSPS) is 12.3. The number of benzene rings is 6. The summed E-state index contributed by atoms with van der Waals surface area (Å²) in [6.07, 6.45) is 7.80. The summed E-state index contributed by atoms with van der Waals surface area (Å²) in [6.45, 7) is 6.22. The maximum Gasteiger partial charge on any atom is 0.125 e. The average Bonchev–Trinajstić information content (AvgIpc) is 3.61. The van der Waals surface area contributed by atoms with Gasteiger partial charge in [-0.05, 0) is 72.1 Å². The summed E-state index contributed by atoms with van der Waals surface area (Å²) >= 11 is 0. The van der Waals surface area contributed by atoms with Gasteiger partial charge in [0.25, 0.3) is 0 Å². The molecule has 50 heavy (non-hydrogen) atoms. The van der Waals surface area contributed by atoms with E-state index in [1.807, 2.05) is 60.7 Å². The number of aliphatic imine (C=N–C) groups is 2. The van der Waals surface area contributed by atoms with Crippen LogP contribution in [0.2, 0.25) is 0 Å². The fourth-order valence-electron chi connectivity index (χ4n) is 7.22. The zero-order valence-corrected chi connectivity index (χ0v) is 28.5. The molecule has 6 nitrogen and oxygen atoms in total. The van der Waals surface area contributed by atoms with E-state index in [1.54, 1.807) is 12.4 Å². The minimum atomic E-state index is 0.183. The first-order valence-electron chi connectivity index (χ1n) is 17.6. The molecule has 0 amide bonds. The highest BCUT2D eigenvalue weighted by Gasteiger charge is 2.15. The molecule has 2 aromatic heterocycles. The molecule has 0 saturated carbocycles. The van der Waals surface area contributed by atoms with Crippen LogP contribution in [-0.2, 0) is 13.1 Å². The van der Waals surface area contributed by atoms with Crippen molar-refractivity contribution in [3.8, 4) is 11.5 Å². The zero-order chi connectivity index (χ0) is 34.2. The van der Waals surface area contributed by atoms with Gasteiger partial charge in [0.15, 0.2) is 0 Å². The Balaban J connectivity index is 1.22. The Labute approximate surface area is 291 Å². The number of aromatic nitrogens is 2. The lowest BCUT2D eigenvalue weighted by atomic mass is 10.1. The number of hydrogen-bond acceptors (Lipinski definition) is 4. The van der Waals surface area contributed by atoms with Crippen LogP contribution in [0, 0.1) is 0 Å². The van der Waals surface area contributed by atoms with Gasteiger partial charge in [0.05, 0.1) is 22.4 Å². The molecule has 0 saturated heterocycles. The predicted octanol–water partition coefficient (Wildman–Crippen LogP) is 11.6. The lowest BCUT2D eigenvalue weighted by molar-refractivity contribution is 0.474. The van der Waals surface area contributed by atoms with E-state index in [-0.39, 0.29) is 11.5 Å². The number of phenolic OH excluding ortho intramolecular Hbond substituents is 2. The number of unbranched alkanes of at least 4 members (excludes halogenated alkanes) is 2. The quantitative estimate of drug-likeness (QED) is 0.144. The van der Waals surface area contributed by atoms with Gasteiger partial charge in [-0.1, -0.05) is 87.4 Å². The van der Waals surface area contributed by atoms with E-state index >= 15 is 0 Å². The molecule has 0 radical (unpaired) electrons. The van der Waals surface area contributed by atoms with Crippen molar-refractivity contribution in [3.63, 3.8) is 0 Å². The summed E-state index contributed by atoms with van der Waals surface area (Å²) in [5.41, 5.74) is 7.13. The zero-order valence-electron chi connectivity index (χ0n) is 28.5. The Morgan fingerprint density at radius 1 is 0.500 bits per heavy atom. The van der Waals surface area contributed by atoms with E-state index in [0.29, 0.717) is 22.5 Å². The molecule has 0 atom stereocenters. The molecule has 0 aliphatic heterocycles. The second-order valence-corrected chi connectivity index (χ2v) is 13.1. The monoisotopic (exact) mass is 656 g/mol. The van der Waals surface area contributed by atoms with Gasteiger partial charge in [-0.15, -0.1) is 0 Å². The van der Waals surface area contributed by atoms with Crippen LogP contribution >= 0.6 is 0 Å². The van der Waals surface area contributed by atoms with Crippen molar-refractivity contribution < 1.29 is 10.2 Å². The van der Waals surface area contributed by atoms with Gasteiger partial charge in [-0.3, -0.25) is 9.98 Å². The molecule has 6 heteroatoms. The number of aryl methyl sites for hydroxylation is 2. The van der Waals surface area contributed by atoms with E-state index in [2.05, 4.69) is 71.5 Å². The van der Waals surface area contributed by atoms with Crippen LogP contribution in [0.4, 0.5) is 11.4 Å². The van der Waals surface area contributed by atoms with Gasteiger partial charge in [0.1, 0.15) is 11.5 Å². The lowest BCUT2D eigenvalue weighted by Gasteiger charge is -2.08. The fraction of sp³-hybridized carbons (Fsp3) is 0.182.